The van der Waals surface area contributed by atoms with Crippen LogP contribution in [0.1, 0.15) is 47.2 Å². The number of nitrogens with zero attached hydrogens (tertiary/aromatic N) is 1. The summed E-state index contributed by atoms with van der Waals surface area (Å²) in [5.41, 5.74) is 22.7. The third kappa shape index (κ3) is 5.30. The van der Waals surface area contributed by atoms with Gasteiger partial charge in [0.2, 0.25) is 0 Å². The molecular formula is C58H43N3. The Kier molecular flexibility index (Phi) is 7.79. The van der Waals surface area contributed by atoms with Crippen molar-refractivity contribution in [1.29, 1.82) is 0 Å². The standard InChI is InChI=1S/C58H43N3/c1-57(2)51-25-13-9-21-45(51)49-31-29-38(36-55(49)57)59-40-33-41(35-44(34-40)61(42-17-5-3-6-18-42)43-19-7-4-8-20-43)60-39-30-32-50-48-24-12-16-28-54(48)58(56(50)37-39)52-26-14-10-22-46(52)47-23-11-15-27-53(47)58/h3-37,59-60H,1-2H3. The zero-order chi connectivity index (χ0) is 40.7. The van der Waals surface area contributed by atoms with Gasteiger partial charge in [0.25, 0.3) is 0 Å². The predicted octanol–water partition coefficient (Wildman–Crippen LogP) is 15.3. The van der Waals surface area contributed by atoms with E-state index in [-0.39, 0.29) is 5.41 Å². The minimum atomic E-state index is -0.413. The van der Waals surface area contributed by atoms with Gasteiger partial charge in [0, 0.05) is 39.5 Å². The number of anilines is 7. The Labute approximate surface area is 357 Å². The SMILES string of the molecule is CC1(C)c2ccccc2-c2ccc(Nc3cc(Nc4ccc5c(c4)C4(c6ccccc6-c6ccccc64)c4ccccc4-5)cc(N(c4ccccc4)c4ccccc4)c3)cc21. The first-order chi connectivity index (χ1) is 30.0. The van der Waals surface area contributed by atoms with E-state index < -0.39 is 5.41 Å². The van der Waals surface area contributed by atoms with Crippen molar-refractivity contribution >= 4 is 39.8 Å². The van der Waals surface area contributed by atoms with Gasteiger partial charge in [0.15, 0.2) is 0 Å². The molecule has 12 rings (SSSR count). The number of rotatable bonds is 7. The summed E-state index contributed by atoms with van der Waals surface area (Å²) in [6, 6.07) is 77.7. The predicted molar refractivity (Wildman–Crippen MR) is 254 cm³/mol. The molecule has 0 aliphatic heterocycles. The number of hydrogen-bond acceptors (Lipinski definition) is 3. The molecule has 61 heavy (non-hydrogen) atoms. The summed E-state index contributed by atoms with van der Waals surface area (Å²) in [6.45, 7) is 4.67. The Balaban J connectivity index is 1.00. The van der Waals surface area contributed by atoms with Crippen LogP contribution < -0.4 is 15.5 Å². The lowest BCUT2D eigenvalue weighted by molar-refractivity contribution is 0.660. The Morgan fingerprint density at radius 1 is 0.295 bits per heavy atom. The maximum absolute atomic E-state index is 3.94. The molecule has 1 spiro atoms. The molecule has 0 heterocycles. The maximum Gasteiger partial charge on any atom is 0.0726 e. The molecule has 0 saturated carbocycles. The summed E-state index contributed by atoms with van der Waals surface area (Å²) in [6.07, 6.45) is 0. The Morgan fingerprint density at radius 3 is 1.16 bits per heavy atom. The van der Waals surface area contributed by atoms with Crippen molar-refractivity contribution in [2.24, 2.45) is 0 Å². The van der Waals surface area contributed by atoms with Gasteiger partial charge in [-0.15, -0.1) is 0 Å². The third-order valence-electron chi connectivity index (χ3n) is 13.4. The van der Waals surface area contributed by atoms with Crippen LogP contribution in [0.3, 0.4) is 0 Å². The molecule has 3 heteroatoms. The third-order valence-corrected chi connectivity index (χ3v) is 13.4. The molecule has 3 aliphatic rings. The molecule has 0 bridgehead atoms. The van der Waals surface area contributed by atoms with Gasteiger partial charge in [-0.25, -0.2) is 0 Å². The highest BCUT2D eigenvalue weighted by Gasteiger charge is 2.51. The lowest BCUT2D eigenvalue weighted by Crippen LogP contribution is -2.25. The molecule has 0 fully saturated rings. The Morgan fingerprint density at radius 2 is 0.672 bits per heavy atom. The van der Waals surface area contributed by atoms with Gasteiger partial charge in [-0.1, -0.05) is 159 Å². The second-order valence-electron chi connectivity index (χ2n) is 17.1. The molecular weight excluding hydrogens is 739 g/mol. The first kappa shape index (κ1) is 35.3. The van der Waals surface area contributed by atoms with Crippen LogP contribution in [-0.2, 0) is 10.8 Å². The average molecular weight is 782 g/mol. The quantitative estimate of drug-likeness (QED) is 0.169. The van der Waals surface area contributed by atoms with Crippen LogP contribution in [0.15, 0.2) is 212 Å². The number of nitrogens with one attached hydrogen (secondary N) is 2. The second kappa shape index (κ2) is 13.5. The van der Waals surface area contributed by atoms with Crippen molar-refractivity contribution in [3.05, 3.63) is 246 Å². The number of para-hydroxylation sites is 2. The van der Waals surface area contributed by atoms with Gasteiger partial charge in [0.05, 0.1) is 11.1 Å². The second-order valence-corrected chi connectivity index (χ2v) is 17.1. The maximum atomic E-state index is 3.94. The molecule has 9 aromatic carbocycles. The molecule has 3 nitrogen and oxygen atoms in total. The number of fused-ring (bicyclic) bond motifs is 13. The van der Waals surface area contributed by atoms with Crippen LogP contribution in [-0.4, -0.2) is 0 Å². The fourth-order valence-corrected chi connectivity index (χ4v) is 10.8. The lowest BCUT2D eigenvalue weighted by Gasteiger charge is -2.30. The fourth-order valence-electron chi connectivity index (χ4n) is 10.8. The van der Waals surface area contributed by atoms with Crippen molar-refractivity contribution < 1.29 is 0 Å². The van der Waals surface area contributed by atoms with Gasteiger partial charge >= 0.3 is 0 Å². The first-order valence-corrected chi connectivity index (χ1v) is 21.3. The van der Waals surface area contributed by atoms with Crippen LogP contribution in [0.25, 0.3) is 33.4 Å². The highest BCUT2D eigenvalue weighted by molar-refractivity contribution is 5.96. The molecule has 0 atom stereocenters. The van der Waals surface area contributed by atoms with Crippen LogP contribution >= 0.6 is 0 Å². The summed E-state index contributed by atoms with van der Waals surface area (Å²) < 4.78 is 0. The van der Waals surface area contributed by atoms with Crippen molar-refractivity contribution in [1.82, 2.24) is 0 Å². The van der Waals surface area contributed by atoms with Gasteiger partial charge < -0.3 is 15.5 Å². The summed E-state index contributed by atoms with van der Waals surface area (Å²) in [7, 11) is 0. The van der Waals surface area contributed by atoms with E-state index in [1.54, 1.807) is 0 Å². The van der Waals surface area contributed by atoms with Crippen molar-refractivity contribution in [2.45, 2.75) is 24.7 Å². The smallest absolute Gasteiger partial charge is 0.0726 e. The van der Waals surface area contributed by atoms with Crippen molar-refractivity contribution in [3.63, 3.8) is 0 Å². The molecule has 0 unspecified atom stereocenters. The van der Waals surface area contributed by atoms with E-state index in [4.69, 9.17) is 0 Å². The molecule has 0 amide bonds. The molecule has 2 N–H and O–H groups in total. The molecule has 3 aliphatic carbocycles. The van der Waals surface area contributed by atoms with Crippen LogP contribution in [0, 0.1) is 0 Å². The van der Waals surface area contributed by atoms with Gasteiger partial charge in [-0.2, -0.15) is 0 Å². The molecule has 0 aromatic heterocycles. The largest absolute Gasteiger partial charge is 0.355 e. The Bertz CT molecular complexity index is 3080. The van der Waals surface area contributed by atoms with Crippen molar-refractivity contribution in [3.8, 4) is 33.4 Å². The van der Waals surface area contributed by atoms with E-state index in [2.05, 4.69) is 242 Å². The lowest BCUT2D eigenvalue weighted by atomic mass is 9.70. The van der Waals surface area contributed by atoms with Gasteiger partial charge in [-0.05, 0) is 133 Å². The van der Waals surface area contributed by atoms with E-state index in [1.165, 1.54) is 66.8 Å². The van der Waals surface area contributed by atoms with E-state index >= 15 is 0 Å². The minimum Gasteiger partial charge on any atom is -0.355 e. The van der Waals surface area contributed by atoms with Gasteiger partial charge in [0.1, 0.15) is 0 Å². The van der Waals surface area contributed by atoms with E-state index in [1.807, 2.05) is 0 Å². The number of benzene rings is 9. The normalized spacial score (nSPS) is 14.0. The number of hydrogen-bond donors (Lipinski definition) is 2. The summed E-state index contributed by atoms with van der Waals surface area (Å²) in [5.74, 6) is 0. The van der Waals surface area contributed by atoms with Crippen LogP contribution in [0.4, 0.5) is 39.8 Å². The topological polar surface area (TPSA) is 27.3 Å². The summed E-state index contributed by atoms with van der Waals surface area (Å²) >= 11 is 0. The van der Waals surface area contributed by atoms with Crippen LogP contribution in [0.2, 0.25) is 0 Å². The molecule has 9 aromatic rings. The summed E-state index contributed by atoms with van der Waals surface area (Å²) in [5, 5.41) is 7.81. The molecule has 0 saturated heterocycles. The summed E-state index contributed by atoms with van der Waals surface area (Å²) in [4.78, 5) is 2.33. The van der Waals surface area contributed by atoms with E-state index in [9.17, 15) is 0 Å². The zero-order valence-corrected chi connectivity index (χ0v) is 34.2. The Hall–Kier alpha value is -7.62. The fraction of sp³-hybridized carbons (Fsp3) is 0.0690. The van der Waals surface area contributed by atoms with Crippen molar-refractivity contribution in [2.75, 3.05) is 15.5 Å². The first-order valence-electron chi connectivity index (χ1n) is 21.3. The molecule has 290 valence electrons. The average Bonchev–Trinajstić information content (AvgIpc) is 3.85. The minimum absolute atomic E-state index is 0.0967. The highest BCUT2D eigenvalue weighted by atomic mass is 15.1. The van der Waals surface area contributed by atoms with Gasteiger partial charge in [-0.3, -0.25) is 0 Å². The zero-order valence-electron chi connectivity index (χ0n) is 34.2. The van der Waals surface area contributed by atoms with E-state index in [0.29, 0.717) is 0 Å². The van der Waals surface area contributed by atoms with E-state index in [0.717, 1.165) is 39.8 Å². The molecule has 0 radical (unpaired) electrons. The van der Waals surface area contributed by atoms with Crippen LogP contribution in [0.5, 0.6) is 0 Å². The highest BCUT2D eigenvalue weighted by Crippen LogP contribution is 2.63. The monoisotopic (exact) mass is 781 g/mol.